The number of pyridine rings is 1. The van der Waals surface area contributed by atoms with E-state index < -0.39 is 17.2 Å². The van der Waals surface area contributed by atoms with Gasteiger partial charge in [-0.2, -0.15) is 5.26 Å². The smallest absolute Gasteiger partial charge is 0.239 e. The Kier molecular flexibility index (Phi) is 5.27. The van der Waals surface area contributed by atoms with Crippen LogP contribution in [0.25, 0.3) is 0 Å². The number of amides is 2. The van der Waals surface area contributed by atoms with Gasteiger partial charge in [0.15, 0.2) is 0 Å². The monoisotopic (exact) mass is 322 g/mol. The number of anilines is 1. The fraction of sp³-hybridized carbons (Fsp3) is 0.222. The van der Waals surface area contributed by atoms with Gasteiger partial charge in [0.2, 0.25) is 11.8 Å². The van der Waals surface area contributed by atoms with E-state index in [2.05, 4.69) is 15.6 Å². The number of hydrogen-bond acceptors (Lipinski definition) is 4. The molecule has 6 heteroatoms. The first-order valence-electron chi connectivity index (χ1n) is 7.43. The van der Waals surface area contributed by atoms with Gasteiger partial charge in [-0.1, -0.05) is 12.1 Å². The molecule has 0 radical (unpaired) electrons. The topological polar surface area (TPSA) is 94.9 Å². The Morgan fingerprint density at radius 1 is 1.17 bits per heavy atom. The van der Waals surface area contributed by atoms with Crippen molar-refractivity contribution in [1.29, 1.82) is 5.26 Å². The second-order valence-electron chi connectivity index (χ2n) is 5.78. The number of carbonyl (C=O) groups excluding carboxylic acids is 2. The second-order valence-corrected chi connectivity index (χ2v) is 5.78. The maximum atomic E-state index is 12.4. The Balaban J connectivity index is 2.01. The molecule has 0 saturated heterocycles. The van der Waals surface area contributed by atoms with Gasteiger partial charge in [-0.05, 0) is 44.2 Å². The number of nitrogens with one attached hydrogen (secondary N) is 2. The summed E-state index contributed by atoms with van der Waals surface area (Å²) in [6.07, 6.45) is 1.64. The van der Waals surface area contributed by atoms with Crippen LogP contribution in [0.4, 0.5) is 5.69 Å². The van der Waals surface area contributed by atoms with Crippen molar-refractivity contribution >= 4 is 17.5 Å². The Bertz CT molecular complexity index is 779. The Labute approximate surface area is 140 Å². The second kappa shape index (κ2) is 7.38. The van der Waals surface area contributed by atoms with Gasteiger partial charge in [0.25, 0.3) is 0 Å². The van der Waals surface area contributed by atoms with Crippen molar-refractivity contribution in [3.63, 3.8) is 0 Å². The summed E-state index contributed by atoms with van der Waals surface area (Å²) in [4.78, 5) is 28.9. The third kappa shape index (κ3) is 4.17. The molecular formula is C18H18N4O2. The molecule has 2 rings (SSSR count). The first kappa shape index (κ1) is 17.2. The molecule has 1 aromatic carbocycles. The molecule has 6 nitrogen and oxygen atoms in total. The van der Waals surface area contributed by atoms with Crippen molar-refractivity contribution in [3.8, 4) is 6.07 Å². The van der Waals surface area contributed by atoms with Crippen LogP contribution in [0.2, 0.25) is 0 Å². The van der Waals surface area contributed by atoms with Crippen LogP contribution in [0, 0.1) is 16.7 Å². The zero-order chi connectivity index (χ0) is 17.6. The summed E-state index contributed by atoms with van der Waals surface area (Å²) in [7, 11) is 0. The predicted molar refractivity (Wildman–Crippen MR) is 89.7 cm³/mol. The van der Waals surface area contributed by atoms with Gasteiger partial charge in [-0.3, -0.25) is 14.6 Å². The van der Waals surface area contributed by atoms with E-state index in [1.807, 2.05) is 12.1 Å². The first-order valence-corrected chi connectivity index (χ1v) is 7.43. The van der Waals surface area contributed by atoms with Gasteiger partial charge in [-0.15, -0.1) is 0 Å². The molecule has 0 unspecified atom stereocenters. The lowest BCUT2D eigenvalue weighted by Crippen LogP contribution is -2.45. The molecular weight excluding hydrogens is 304 g/mol. The van der Waals surface area contributed by atoms with E-state index in [4.69, 9.17) is 5.26 Å². The van der Waals surface area contributed by atoms with Gasteiger partial charge in [0.05, 0.1) is 23.9 Å². The predicted octanol–water partition coefficient (Wildman–Crippen LogP) is 2.23. The van der Waals surface area contributed by atoms with Gasteiger partial charge in [-0.25, -0.2) is 0 Å². The standard InChI is InChI=1S/C18H18N4O2/c1-18(2,16(23)21-12-15-7-3-4-9-20-15)17(24)22-14-8-5-6-13(10-14)11-19/h3-10H,12H2,1-2H3,(H,21,23)(H,22,24). The summed E-state index contributed by atoms with van der Waals surface area (Å²) in [6.45, 7) is 3.34. The van der Waals surface area contributed by atoms with Crippen LogP contribution >= 0.6 is 0 Å². The van der Waals surface area contributed by atoms with E-state index >= 15 is 0 Å². The lowest BCUT2D eigenvalue weighted by molar-refractivity contribution is -0.138. The van der Waals surface area contributed by atoms with Gasteiger partial charge in [0.1, 0.15) is 5.41 Å². The molecule has 2 N–H and O–H groups in total. The number of rotatable bonds is 5. The summed E-state index contributed by atoms with van der Waals surface area (Å²) in [6, 6.07) is 13.9. The Hall–Kier alpha value is -3.20. The molecule has 0 aliphatic heterocycles. The van der Waals surface area contributed by atoms with Gasteiger partial charge >= 0.3 is 0 Å². The van der Waals surface area contributed by atoms with E-state index in [0.717, 1.165) is 0 Å². The van der Waals surface area contributed by atoms with Crippen molar-refractivity contribution in [2.24, 2.45) is 5.41 Å². The van der Waals surface area contributed by atoms with Crippen molar-refractivity contribution in [2.75, 3.05) is 5.32 Å². The minimum absolute atomic E-state index is 0.250. The summed E-state index contributed by atoms with van der Waals surface area (Å²) in [5.41, 5.74) is 0.357. The molecule has 0 aliphatic rings. The number of carbonyl (C=O) groups is 2. The van der Waals surface area contributed by atoms with Crippen molar-refractivity contribution in [2.45, 2.75) is 20.4 Å². The van der Waals surface area contributed by atoms with Gasteiger partial charge < -0.3 is 10.6 Å². The molecule has 122 valence electrons. The van der Waals surface area contributed by atoms with Crippen LogP contribution in [0.1, 0.15) is 25.1 Å². The molecule has 1 aromatic heterocycles. The Morgan fingerprint density at radius 2 is 1.96 bits per heavy atom. The first-order chi connectivity index (χ1) is 11.4. The van der Waals surface area contributed by atoms with Crippen LogP contribution in [-0.4, -0.2) is 16.8 Å². The zero-order valence-corrected chi connectivity index (χ0v) is 13.5. The third-order valence-electron chi connectivity index (χ3n) is 3.54. The fourth-order valence-electron chi connectivity index (χ4n) is 1.95. The number of aromatic nitrogens is 1. The molecule has 2 aromatic rings. The van der Waals surface area contributed by atoms with E-state index in [0.29, 0.717) is 16.9 Å². The van der Waals surface area contributed by atoms with Crippen LogP contribution in [0.15, 0.2) is 48.7 Å². The number of hydrogen-bond donors (Lipinski definition) is 2. The van der Waals surface area contributed by atoms with Crippen LogP contribution in [-0.2, 0) is 16.1 Å². The molecule has 2 amide bonds. The van der Waals surface area contributed by atoms with Crippen LogP contribution < -0.4 is 10.6 Å². The van der Waals surface area contributed by atoms with Crippen molar-refractivity contribution < 1.29 is 9.59 Å². The summed E-state index contributed by atoms with van der Waals surface area (Å²) >= 11 is 0. The van der Waals surface area contributed by atoms with E-state index in [-0.39, 0.29) is 6.54 Å². The number of nitrogens with zero attached hydrogens (tertiary/aromatic N) is 2. The number of benzene rings is 1. The van der Waals surface area contributed by atoms with Crippen molar-refractivity contribution in [3.05, 3.63) is 59.9 Å². The molecule has 0 fully saturated rings. The molecule has 0 saturated carbocycles. The van der Waals surface area contributed by atoms with Crippen molar-refractivity contribution in [1.82, 2.24) is 10.3 Å². The van der Waals surface area contributed by atoms with Crippen LogP contribution in [0.5, 0.6) is 0 Å². The van der Waals surface area contributed by atoms with Gasteiger partial charge in [0, 0.05) is 11.9 Å². The normalized spacial score (nSPS) is 10.5. The zero-order valence-electron chi connectivity index (χ0n) is 13.5. The van der Waals surface area contributed by atoms with Crippen LogP contribution in [0.3, 0.4) is 0 Å². The highest BCUT2D eigenvalue weighted by Crippen LogP contribution is 2.20. The average molecular weight is 322 g/mol. The Morgan fingerprint density at radius 3 is 2.62 bits per heavy atom. The maximum absolute atomic E-state index is 12.4. The fourth-order valence-corrected chi connectivity index (χ4v) is 1.95. The number of nitriles is 1. The molecule has 1 heterocycles. The highest BCUT2D eigenvalue weighted by molar-refractivity contribution is 6.09. The highest BCUT2D eigenvalue weighted by atomic mass is 16.2. The lowest BCUT2D eigenvalue weighted by Gasteiger charge is -2.22. The van der Waals surface area contributed by atoms with E-state index in [9.17, 15) is 9.59 Å². The summed E-state index contributed by atoms with van der Waals surface area (Å²) < 4.78 is 0. The molecule has 0 spiro atoms. The van der Waals surface area contributed by atoms with E-state index in [1.54, 1.807) is 56.4 Å². The summed E-state index contributed by atoms with van der Waals surface area (Å²) in [5, 5.41) is 14.3. The third-order valence-corrected chi connectivity index (χ3v) is 3.54. The highest BCUT2D eigenvalue weighted by Gasteiger charge is 2.36. The molecule has 0 bridgehead atoms. The largest absolute Gasteiger partial charge is 0.350 e. The molecule has 24 heavy (non-hydrogen) atoms. The minimum atomic E-state index is -1.27. The lowest BCUT2D eigenvalue weighted by atomic mass is 9.91. The minimum Gasteiger partial charge on any atom is -0.350 e. The summed E-state index contributed by atoms with van der Waals surface area (Å²) in [5.74, 6) is -0.849. The average Bonchev–Trinajstić information content (AvgIpc) is 2.60. The van der Waals surface area contributed by atoms with E-state index in [1.165, 1.54) is 0 Å². The molecule has 0 aliphatic carbocycles. The molecule has 0 atom stereocenters. The quantitative estimate of drug-likeness (QED) is 0.825. The SMILES string of the molecule is CC(C)(C(=O)NCc1ccccn1)C(=O)Nc1cccc(C#N)c1. The maximum Gasteiger partial charge on any atom is 0.239 e.